The third-order valence-corrected chi connectivity index (χ3v) is 7.55. The maximum atomic E-state index is 12.8. The quantitative estimate of drug-likeness (QED) is 0.507. The van der Waals surface area contributed by atoms with Crippen molar-refractivity contribution in [1.82, 2.24) is 9.97 Å². The number of hydrogen-bond donors (Lipinski definition) is 1. The Balaban J connectivity index is 1.86. The van der Waals surface area contributed by atoms with Gasteiger partial charge in [-0.1, -0.05) is 0 Å². The average molecular weight is 414 g/mol. The molecule has 0 radical (unpaired) electrons. The average Bonchev–Trinajstić information content (AvgIpc) is 3.15. The number of benzene rings is 2. The first kappa shape index (κ1) is 18.6. The number of ether oxygens (including phenoxy) is 1. The van der Waals surface area contributed by atoms with Crippen LogP contribution in [0.3, 0.4) is 0 Å². The Hall–Kier alpha value is -2.71. The summed E-state index contributed by atoms with van der Waals surface area (Å²) in [7, 11) is -2.05. The van der Waals surface area contributed by atoms with Crippen LogP contribution in [0.5, 0.6) is 5.75 Å². The summed E-state index contributed by atoms with van der Waals surface area (Å²) in [5.74, 6) is 0.301. The number of hydrogen-bond acceptors (Lipinski definition) is 7. The van der Waals surface area contributed by atoms with Crippen LogP contribution >= 0.6 is 11.3 Å². The molecular weight excluding hydrogens is 394 g/mol. The first-order chi connectivity index (χ1) is 13.4. The Morgan fingerprint density at radius 1 is 1.07 bits per heavy atom. The Labute approximate surface area is 167 Å². The molecule has 0 bridgehead atoms. The third kappa shape index (κ3) is 3.18. The summed E-state index contributed by atoms with van der Waals surface area (Å²) in [6.45, 7) is 3.31. The topological polar surface area (TPSA) is 81.2 Å². The number of nitrogens with one attached hydrogen (secondary N) is 1. The highest BCUT2D eigenvalue weighted by atomic mass is 32.2. The lowest BCUT2D eigenvalue weighted by atomic mass is 10.1. The number of anilines is 2. The predicted octanol–water partition coefficient (Wildman–Crippen LogP) is 4.78. The fourth-order valence-corrected chi connectivity index (χ4v) is 4.86. The molecule has 0 aliphatic carbocycles. The minimum Gasteiger partial charge on any atom is -0.495 e. The van der Waals surface area contributed by atoms with Gasteiger partial charge in [-0.05, 0) is 44.2 Å². The molecule has 4 aromatic rings. The maximum absolute atomic E-state index is 12.8. The molecule has 1 N–H and O–H groups in total. The Bertz CT molecular complexity index is 1280. The van der Waals surface area contributed by atoms with Gasteiger partial charge in [0.15, 0.2) is 9.84 Å². The van der Waals surface area contributed by atoms with Crippen molar-refractivity contribution in [3.8, 4) is 5.75 Å². The van der Waals surface area contributed by atoms with Crippen LogP contribution in [-0.4, -0.2) is 30.7 Å². The van der Waals surface area contributed by atoms with Crippen LogP contribution in [-0.2, 0) is 9.84 Å². The van der Waals surface area contributed by atoms with Crippen LogP contribution in [0.4, 0.5) is 11.4 Å². The molecular formula is C20H19N3O3S2. The summed E-state index contributed by atoms with van der Waals surface area (Å²) in [6.07, 6.45) is 1.68. The summed E-state index contributed by atoms with van der Waals surface area (Å²) in [4.78, 5) is 8.89. The summed E-state index contributed by atoms with van der Waals surface area (Å²) in [6, 6.07) is 11.1. The van der Waals surface area contributed by atoms with E-state index in [2.05, 4.69) is 15.3 Å². The van der Waals surface area contributed by atoms with Crippen LogP contribution in [0.2, 0.25) is 0 Å². The van der Waals surface area contributed by atoms with Gasteiger partial charge in [0, 0.05) is 29.0 Å². The minimum atomic E-state index is -3.51. The zero-order chi connectivity index (χ0) is 19.9. The Morgan fingerprint density at radius 2 is 1.89 bits per heavy atom. The van der Waals surface area contributed by atoms with Crippen molar-refractivity contribution >= 4 is 53.7 Å². The highest BCUT2D eigenvalue weighted by Crippen LogP contribution is 2.35. The van der Waals surface area contributed by atoms with E-state index >= 15 is 0 Å². The monoisotopic (exact) mass is 413 g/mol. The zero-order valence-electron chi connectivity index (χ0n) is 15.6. The van der Waals surface area contributed by atoms with Crippen molar-refractivity contribution in [3.05, 3.63) is 48.1 Å². The largest absolute Gasteiger partial charge is 0.495 e. The van der Waals surface area contributed by atoms with Crippen LogP contribution in [0.1, 0.15) is 13.8 Å². The standard InChI is InChI=1S/C20H19N3O3S2/c1-12(2)28(24,25)20-9-14-15(6-7-21-16(14)10-18(20)26-3)23-13-4-5-19-17(8-13)22-11-27-19/h4-12H,1-3H3,(H,21,23). The van der Waals surface area contributed by atoms with E-state index in [0.717, 1.165) is 21.6 Å². The van der Waals surface area contributed by atoms with Gasteiger partial charge in [-0.2, -0.15) is 0 Å². The van der Waals surface area contributed by atoms with E-state index in [1.807, 2.05) is 29.8 Å². The molecule has 2 heterocycles. The molecule has 0 atom stereocenters. The molecule has 0 amide bonds. The highest BCUT2D eigenvalue weighted by molar-refractivity contribution is 7.92. The molecule has 0 spiro atoms. The summed E-state index contributed by atoms with van der Waals surface area (Å²) < 4.78 is 32.1. The van der Waals surface area contributed by atoms with Crippen molar-refractivity contribution in [3.63, 3.8) is 0 Å². The van der Waals surface area contributed by atoms with E-state index < -0.39 is 15.1 Å². The van der Waals surface area contributed by atoms with Gasteiger partial charge in [-0.3, -0.25) is 4.98 Å². The van der Waals surface area contributed by atoms with Crippen molar-refractivity contribution in [1.29, 1.82) is 0 Å². The first-order valence-corrected chi connectivity index (χ1v) is 11.1. The van der Waals surface area contributed by atoms with Crippen molar-refractivity contribution in [2.45, 2.75) is 24.0 Å². The van der Waals surface area contributed by atoms with Crippen LogP contribution < -0.4 is 10.1 Å². The first-order valence-electron chi connectivity index (χ1n) is 8.71. The molecule has 0 fully saturated rings. The van der Waals surface area contributed by atoms with Gasteiger partial charge in [0.25, 0.3) is 0 Å². The number of sulfone groups is 1. The predicted molar refractivity (Wildman–Crippen MR) is 114 cm³/mol. The van der Waals surface area contributed by atoms with E-state index in [0.29, 0.717) is 16.7 Å². The van der Waals surface area contributed by atoms with Gasteiger partial charge in [0.1, 0.15) is 10.6 Å². The van der Waals surface area contributed by atoms with E-state index in [-0.39, 0.29) is 4.90 Å². The van der Waals surface area contributed by atoms with Crippen LogP contribution in [0.15, 0.2) is 53.0 Å². The van der Waals surface area contributed by atoms with Crippen LogP contribution in [0.25, 0.3) is 21.1 Å². The Morgan fingerprint density at radius 3 is 2.64 bits per heavy atom. The molecule has 4 rings (SSSR count). The summed E-state index contributed by atoms with van der Waals surface area (Å²) in [5.41, 5.74) is 5.01. The van der Waals surface area contributed by atoms with Gasteiger partial charge < -0.3 is 10.1 Å². The molecule has 2 aromatic carbocycles. The van der Waals surface area contributed by atoms with Gasteiger partial charge in [0.2, 0.25) is 0 Å². The van der Waals surface area contributed by atoms with E-state index in [9.17, 15) is 8.42 Å². The highest BCUT2D eigenvalue weighted by Gasteiger charge is 2.25. The minimum absolute atomic E-state index is 0.170. The number of nitrogens with zero attached hydrogens (tertiary/aromatic N) is 2. The molecule has 2 aromatic heterocycles. The SMILES string of the molecule is COc1cc2nccc(Nc3ccc4scnc4c3)c2cc1S(=O)(=O)C(C)C. The number of rotatable bonds is 5. The smallest absolute Gasteiger partial charge is 0.184 e. The molecule has 6 nitrogen and oxygen atoms in total. The maximum Gasteiger partial charge on any atom is 0.184 e. The molecule has 0 aliphatic heterocycles. The van der Waals surface area contributed by atoms with Gasteiger partial charge in [-0.15, -0.1) is 11.3 Å². The van der Waals surface area contributed by atoms with Crippen LogP contribution in [0, 0.1) is 0 Å². The van der Waals surface area contributed by atoms with Crippen molar-refractivity contribution in [2.24, 2.45) is 0 Å². The normalized spacial score (nSPS) is 12.0. The fourth-order valence-electron chi connectivity index (χ4n) is 2.99. The lowest BCUT2D eigenvalue weighted by molar-refractivity contribution is 0.403. The second-order valence-corrected chi connectivity index (χ2v) is 9.99. The number of methoxy groups -OCH3 is 1. The number of pyridine rings is 1. The molecule has 0 aliphatic rings. The molecule has 0 saturated carbocycles. The number of thiazole rings is 1. The molecule has 144 valence electrons. The van der Waals surface area contributed by atoms with E-state index in [4.69, 9.17) is 4.74 Å². The van der Waals surface area contributed by atoms with Gasteiger partial charge >= 0.3 is 0 Å². The summed E-state index contributed by atoms with van der Waals surface area (Å²) >= 11 is 1.59. The van der Waals surface area contributed by atoms with Crippen molar-refractivity contribution in [2.75, 3.05) is 12.4 Å². The summed E-state index contributed by atoms with van der Waals surface area (Å²) in [5, 5.41) is 3.52. The van der Waals surface area contributed by atoms with Gasteiger partial charge in [0.05, 0.1) is 33.6 Å². The second-order valence-electron chi connectivity index (χ2n) is 6.63. The lowest BCUT2D eigenvalue weighted by Gasteiger charge is -2.15. The molecule has 0 unspecified atom stereocenters. The number of fused-ring (bicyclic) bond motifs is 2. The second kappa shape index (κ2) is 7.03. The lowest BCUT2D eigenvalue weighted by Crippen LogP contribution is -2.15. The number of aromatic nitrogens is 2. The molecule has 0 saturated heterocycles. The van der Waals surface area contributed by atoms with Gasteiger partial charge in [-0.25, -0.2) is 13.4 Å². The molecule has 28 heavy (non-hydrogen) atoms. The third-order valence-electron chi connectivity index (χ3n) is 4.56. The van der Waals surface area contributed by atoms with Crippen molar-refractivity contribution < 1.29 is 13.2 Å². The van der Waals surface area contributed by atoms with E-state index in [1.54, 1.807) is 43.5 Å². The molecule has 8 heteroatoms. The Kier molecular flexibility index (Phi) is 4.68. The van der Waals surface area contributed by atoms with E-state index in [1.165, 1.54) is 7.11 Å². The fraction of sp³-hybridized carbons (Fsp3) is 0.200. The zero-order valence-corrected chi connectivity index (χ0v) is 17.3.